The van der Waals surface area contributed by atoms with Crippen LogP contribution in [0.4, 0.5) is 0 Å². The van der Waals surface area contributed by atoms with E-state index in [-0.39, 0.29) is 0 Å². The Morgan fingerprint density at radius 2 is 2.10 bits per heavy atom. The van der Waals surface area contributed by atoms with Crippen LogP contribution in [0.25, 0.3) is 0 Å². The summed E-state index contributed by atoms with van der Waals surface area (Å²) in [6, 6.07) is 7.87. The molecule has 1 aromatic rings. The number of nitrogens with zero attached hydrogens (tertiary/aromatic N) is 1. The number of benzene rings is 1. The van der Waals surface area contributed by atoms with Gasteiger partial charge in [-0.2, -0.15) is 0 Å². The second kappa shape index (κ2) is 6.27. The molecule has 1 aromatic carbocycles. The van der Waals surface area contributed by atoms with Gasteiger partial charge in [0.05, 0.1) is 7.11 Å². The van der Waals surface area contributed by atoms with Crippen LogP contribution in [-0.4, -0.2) is 35.2 Å². The summed E-state index contributed by atoms with van der Waals surface area (Å²) in [6.07, 6.45) is 3.33. The van der Waals surface area contributed by atoms with Crippen LogP contribution < -0.4 is 4.74 Å². The van der Waals surface area contributed by atoms with E-state index in [0.29, 0.717) is 6.54 Å². The molecule has 0 aliphatic carbocycles. The molecule has 0 aromatic heterocycles. The summed E-state index contributed by atoms with van der Waals surface area (Å²) in [7, 11) is 1.65. The molecule has 110 valence electrons. The Kier molecular flexibility index (Phi) is 4.65. The van der Waals surface area contributed by atoms with Crippen LogP contribution in [0.3, 0.4) is 0 Å². The molecule has 0 amide bonds. The Hall–Kier alpha value is -1.55. The van der Waals surface area contributed by atoms with Gasteiger partial charge in [0.1, 0.15) is 11.3 Å². The molecule has 0 bridgehead atoms. The molecule has 1 aliphatic heterocycles. The van der Waals surface area contributed by atoms with E-state index in [1.807, 2.05) is 24.3 Å². The van der Waals surface area contributed by atoms with Crippen LogP contribution in [-0.2, 0) is 11.3 Å². The van der Waals surface area contributed by atoms with Gasteiger partial charge in [0, 0.05) is 6.54 Å². The summed E-state index contributed by atoms with van der Waals surface area (Å²) in [4.78, 5) is 13.9. The van der Waals surface area contributed by atoms with E-state index < -0.39 is 11.5 Å². The van der Waals surface area contributed by atoms with E-state index >= 15 is 0 Å². The molecular formula is C16H23NO3. The third kappa shape index (κ3) is 2.80. The number of hydrogen-bond acceptors (Lipinski definition) is 3. The van der Waals surface area contributed by atoms with Gasteiger partial charge in [0.2, 0.25) is 0 Å². The summed E-state index contributed by atoms with van der Waals surface area (Å²) >= 11 is 0. The van der Waals surface area contributed by atoms with Crippen molar-refractivity contribution in [1.29, 1.82) is 0 Å². The lowest BCUT2D eigenvalue weighted by Gasteiger charge is -2.34. The number of hydrogen-bond donors (Lipinski definition) is 1. The lowest BCUT2D eigenvalue weighted by molar-refractivity contribution is -0.150. The predicted octanol–water partition coefficient (Wildman–Crippen LogP) is 2.91. The van der Waals surface area contributed by atoms with Gasteiger partial charge >= 0.3 is 5.97 Å². The van der Waals surface area contributed by atoms with E-state index in [0.717, 1.165) is 43.5 Å². The zero-order valence-electron chi connectivity index (χ0n) is 12.3. The highest BCUT2D eigenvalue weighted by Gasteiger charge is 2.46. The van der Waals surface area contributed by atoms with Crippen LogP contribution in [0.1, 0.15) is 38.2 Å². The van der Waals surface area contributed by atoms with E-state index in [1.165, 1.54) is 0 Å². The highest BCUT2D eigenvalue weighted by Crippen LogP contribution is 2.35. The maximum absolute atomic E-state index is 11.8. The molecule has 20 heavy (non-hydrogen) atoms. The van der Waals surface area contributed by atoms with Crippen molar-refractivity contribution in [3.63, 3.8) is 0 Å². The Balaban J connectivity index is 2.15. The monoisotopic (exact) mass is 277 g/mol. The summed E-state index contributed by atoms with van der Waals surface area (Å²) in [6.45, 7) is 3.60. The third-order valence-corrected chi connectivity index (χ3v) is 4.22. The molecule has 0 spiro atoms. The summed E-state index contributed by atoms with van der Waals surface area (Å²) in [5.74, 6) is 0.151. The quantitative estimate of drug-likeness (QED) is 0.868. The minimum Gasteiger partial charge on any atom is -0.497 e. The molecule has 1 aliphatic rings. The largest absolute Gasteiger partial charge is 0.497 e. The van der Waals surface area contributed by atoms with Crippen molar-refractivity contribution in [3.8, 4) is 5.75 Å². The fourth-order valence-electron chi connectivity index (χ4n) is 3.16. The van der Waals surface area contributed by atoms with Crippen LogP contribution in [0.15, 0.2) is 24.3 Å². The molecule has 1 fully saturated rings. The van der Waals surface area contributed by atoms with Gasteiger partial charge in [0.25, 0.3) is 0 Å². The number of carbonyl (C=O) groups is 1. The van der Waals surface area contributed by atoms with Crippen LogP contribution in [0.2, 0.25) is 0 Å². The third-order valence-electron chi connectivity index (χ3n) is 4.22. The number of likely N-dealkylation sites (tertiary alicyclic amines) is 1. The van der Waals surface area contributed by atoms with Crippen molar-refractivity contribution in [2.24, 2.45) is 0 Å². The fourth-order valence-corrected chi connectivity index (χ4v) is 3.16. The van der Waals surface area contributed by atoms with Gasteiger partial charge in [0.15, 0.2) is 0 Å². The number of ether oxygens (including phenoxy) is 1. The van der Waals surface area contributed by atoms with Crippen molar-refractivity contribution in [2.75, 3.05) is 13.7 Å². The minimum atomic E-state index is -0.676. The van der Waals surface area contributed by atoms with Crippen molar-refractivity contribution >= 4 is 5.97 Å². The highest BCUT2D eigenvalue weighted by molar-refractivity contribution is 5.79. The Morgan fingerprint density at radius 3 is 2.65 bits per heavy atom. The van der Waals surface area contributed by atoms with Crippen LogP contribution >= 0.6 is 0 Å². The van der Waals surface area contributed by atoms with Crippen LogP contribution in [0, 0.1) is 0 Å². The zero-order chi connectivity index (χ0) is 14.6. The molecule has 1 unspecified atom stereocenters. The standard InChI is InChI=1S/C16H23NO3/c1-3-9-16(15(18)19)10-4-11-17(16)12-13-5-7-14(20-2)8-6-13/h5-8H,3-4,9-12H2,1-2H3,(H,18,19). The van der Waals surface area contributed by atoms with Crippen molar-refractivity contribution in [1.82, 2.24) is 4.90 Å². The highest BCUT2D eigenvalue weighted by atomic mass is 16.5. The van der Waals surface area contributed by atoms with Crippen molar-refractivity contribution < 1.29 is 14.6 Å². The first-order valence-corrected chi connectivity index (χ1v) is 7.24. The first kappa shape index (κ1) is 14.9. The average molecular weight is 277 g/mol. The molecule has 4 heteroatoms. The van der Waals surface area contributed by atoms with Crippen molar-refractivity contribution in [3.05, 3.63) is 29.8 Å². The van der Waals surface area contributed by atoms with E-state index in [2.05, 4.69) is 11.8 Å². The van der Waals surface area contributed by atoms with Gasteiger partial charge in [-0.15, -0.1) is 0 Å². The molecular weight excluding hydrogens is 254 g/mol. The van der Waals surface area contributed by atoms with Crippen LogP contribution in [0.5, 0.6) is 5.75 Å². The average Bonchev–Trinajstić information content (AvgIpc) is 2.84. The molecule has 1 N–H and O–H groups in total. The number of carboxylic acid groups (broad SMARTS) is 1. The van der Waals surface area contributed by atoms with Gasteiger partial charge in [-0.05, 0) is 43.5 Å². The summed E-state index contributed by atoms with van der Waals surface area (Å²) < 4.78 is 5.15. The number of rotatable bonds is 6. The lowest BCUT2D eigenvalue weighted by atomic mass is 9.90. The predicted molar refractivity (Wildman–Crippen MR) is 77.9 cm³/mol. The molecule has 0 saturated carbocycles. The molecule has 1 saturated heterocycles. The fraction of sp³-hybridized carbons (Fsp3) is 0.562. The minimum absolute atomic E-state index is 0.672. The first-order chi connectivity index (χ1) is 9.62. The van der Waals surface area contributed by atoms with E-state index in [9.17, 15) is 9.90 Å². The Labute approximate surface area is 120 Å². The van der Waals surface area contributed by atoms with Crippen molar-refractivity contribution in [2.45, 2.75) is 44.7 Å². The molecule has 1 atom stereocenters. The summed E-state index contributed by atoms with van der Waals surface area (Å²) in [5, 5.41) is 9.66. The summed E-state index contributed by atoms with van der Waals surface area (Å²) in [5.41, 5.74) is 0.462. The lowest BCUT2D eigenvalue weighted by Crippen LogP contribution is -2.49. The molecule has 1 heterocycles. The second-order valence-corrected chi connectivity index (χ2v) is 5.46. The molecule has 2 rings (SSSR count). The number of methoxy groups -OCH3 is 1. The van der Waals surface area contributed by atoms with Gasteiger partial charge in [-0.1, -0.05) is 25.5 Å². The van der Waals surface area contributed by atoms with E-state index in [1.54, 1.807) is 7.11 Å². The smallest absolute Gasteiger partial charge is 0.324 e. The second-order valence-electron chi connectivity index (χ2n) is 5.46. The number of aliphatic carboxylic acids is 1. The first-order valence-electron chi connectivity index (χ1n) is 7.24. The van der Waals surface area contributed by atoms with Gasteiger partial charge in [-0.3, -0.25) is 9.69 Å². The van der Waals surface area contributed by atoms with Gasteiger partial charge < -0.3 is 9.84 Å². The SMILES string of the molecule is CCCC1(C(=O)O)CCCN1Cc1ccc(OC)cc1. The van der Waals surface area contributed by atoms with E-state index in [4.69, 9.17) is 4.74 Å². The molecule has 4 nitrogen and oxygen atoms in total. The Morgan fingerprint density at radius 1 is 1.40 bits per heavy atom. The topological polar surface area (TPSA) is 49.8 Å². The van der Waals surface area contributed by atoms with Gasteiger partial charge in [-0.25, -0.2) is 0 Å². The Bertz CT molecular complexity index is 457. The zero-order valence-corrected chi connectivity index (χ0v) is 12.3. The maximum Gasteiger partial charge on any atom is 0.324 e. The number of carboxylic acids is 1. The molecule has 0 radical (unpaired) electrons. The normalized spacial score (nSPS) is 22.9. The maximum atomic E-state index is 11.8.